The Bertz CT molecular complexity index is 192. The first kappa shape index (κ1) is 17.5. The first-order valence-electron chi connectivity index (χ1n) is 8.03. The summed E-state index contributed by atoms with van der Waals surface area (Å²) < 4.78 is 0. The van der Waals surface area contributed by atoms with Gasteiger partial charge in [0.05, 0.1) is 0 Å². The van der Waals surface area contributed by atoms with Crippen molar-refractivity contribution in [1.82, 2.24) is 5.32 Å². The molecule has 0 radical (unpaired) electrons. The second-order valence-corrected chi connectivity index (χ2v) is 5.33. The van der Waals surface area contributed by atoms with E-state index in [1.807, 2.05) is 0 Å². The van der Waals surface area contributed by atoms with Crippen LogP contribution in [0.2, 0.25) is 0 Å². The van der Waals surface area contributed by atoms with Gasteiger partial charge in [0.25, 0.3) is 0 Å². The molecule has 0 bridgehead atoms. The van der Waals surface area contributed by atoms with Crippen molar-refractivity contribution in [1.29, 1.82) is 0 Å². The van der Waals surface area contributed by atoms with Gasteiger partial charge in [0.1, 0.15) is 0 Å². The summed E-state index contributed by atoms with van der Waals surface area (Å²) in [6.45, 7) is 7.37. The largest absolute Gasteiger partial charge is 0.356 e. The van der Waals surface area contributed by atoms with Crippen molar-refractivity contribution in [3.05, 3.63) is 0 Å². The predicted molar refractivity (Wildman–Crippen MR) is 79.7 cm³/mol. The predicted octanol–water partition coefficient (Wildman–Crippen LogP) is 4.68. The van der Waals surface area contributed by atoms with Crippen LogP contribution in [0.4, 0.5) is 0 Å². The summed E-state index contributed by atoms with van der Waals surface area (Å²) in [4.78, 5) is 12.0. The average molecular weight is 255 g/mol. The van der Waals surface area contributed by atoms with E-state index in [2.05, 4.69) is 26.1 Å². The van der Waals surface area contributed by atoms with E-state index < -0.39 is 0 Å². The number of hydrogen-bond donors (Lipinski definition) is 1. The summed E-state index contributed by atoms with van der Waals surface area (Å²) >= 11 is 0. The fourth-order valence-corrected chi connectivity index (χ4v) is 2.24. The zero-order chi connectivity index (χ0) is 13.6. The second-order valence-electron chi connectivity index (χ2n) is 5.33. The van der Waals surface area contributed by atoms with Crippen LogP contribution in [-0.2, 0) is 4.79 Å². The van der Waals surface area contributed by atoms with Gasteiger partial charge in [-0.15, -0.1) is 0 Å². The molecule has 0 heterocycles. The molecule has 1 unspecified atom stereocenters. The van der Waals surface area contributed by atoms with Crippen molar-refractivity contribution in [2.45, 2.75) is 85.0 Å². The van der Waals surface area contributed by atoms with E-state index >= 15 is 0 Å². The Morgan fingerprint density at radius 3 is 2.06 bits per heavy atom. The first-order valence-corrected chi connectivity index (χ1v) is 8.03. The molecule has 2 heteroatoms. The molecule has 0 rings (SSSR count). The zero-order valence-corrected chi connectivity index (χ0v) is 12.8. The molecule has 0 aromatic rings. The van der Waals surface area contributed by atoms with Crippen LogP contribution in [0.5, 0.6) is 0 Å². The third-order valence-corrected chi connectivity index (χ3v) is 3.48. The summed E-state index contributed by atoms with van der Waals surface area (Å²) in [5.74, 6) is 0.555. The minimum Gasteiger partial charge on any atom is -0.356 e. The van der Waals surface area contributed by atoms with E-state index in [-0.39, 0.29) is 5.92 Å². The highest BCUT2D eigenvalue weighted by Gasteiger charge is 2.16. The number of nitrogens with one attached hydrogen (secondary N) is 1. The Morgan fingerprint density at radius 1 is 0.833 bits per heavy atom. The van der Waals surface area contributed by atoms with E-state index in [0.29, 0.717) is 5.91 Å². The monoisotopic (exact) mass is 255 g/mol. The van der Waals surface area contributed by atoms with Crippen LogP contribution < -0.4 is 5.32 Å². The molecule has 0 aromatic heterocycles. The summed E-state index contributed by atoms with van der Waals surface area (Å²) in [6, 6.07) is 0. The second kappa shape index (κ2) is 12.9. The van der Waals surface area contributed by atoms with Crippen molar-refractivity contribution in [3.63, 3.8) is 0 Å². The molecule has 18 heavy (non-hydrogen) atoms. The molecule has 1 atom stereocenters. The molecular weight excluding hydrogens is 222 g/mol. The molecular formula is C16H33NO. The van der Waals surface area contributed by atoms with Gasteiger partial charge in [-0.1, -0.05) is 65.7 Å². The van der Waals surface area contributed by atoms with Gasteiger partial charge in [0.15, 0.2) is 0 Å². The molecule has 0 spiro atoms. The summed E-state index contributed by atoms with van der Waals surface area (Å²) in [5, 5.41) is 3.05. The number of rotatable bonds is 12. The standard InChI is InChI=1S/C16H33NO/c1-4-7-9-10-11-13-15(12-8-5-2)16(18)17-14-6-3/h15H,4-14H2,1-3H3,(H,17,18). The maximum atomic E-state index is 12.0. The molecule has 108 valence electrons. The smallest absolute Gasteiger partial charge is 0.223 e. The maximum Gasteiger partial charge on any atom is 0.223 e. The first-order chi connectivity index (χ1) is 8.76. The number of carbonyl (C=O) groups is 1. The topological polar surface area (TPSA) is 29.1 Å². The Balaban J connectivity index is 3.86. The lowest BCUT2D eigenvalue weighted by molar-refractivity contribution is -0.125. The quantitative estimate of drug-likeness (QED) is 0.504. The van der Waals surface area contributed by atoms with Crippen molar-refractivity contribution in [3.8, 4) is 0 Å². The molecule has 0 saturated carbocycles. The van der Waals surface area contributed by atoms with Gasteiger partial charge < -0.3 is 5.32 Å². The molecule has 0 fully saturated rings. The highest BCUT2D eigenvalue weighted by molar-refractivity contribution is 5.78. The molecule has 0 aromatic carbocycles. The lowest BCUT2D eigenvalue weighted by Gasteiger charge is -2.16. The fourth-order valence-electron chi connectivity index (χ4n) is 2.24. The summed E-state index contributed by atoms with van der Waals surface area (Å²) in [5.41, 5.74) is 0. The van der Waals surface area contributed by atoms with Gasteiger partial charge >= 0.3 is 0 Å². The number of carbonyl (C=O) groups excluding carboxylic acids is 1. The SMILES string of the molecule is CCCCCCCC(CCCC)C(=O)NCCC. The van der Waals surface area contributed by atoms with E-state index in [0.717, 1.165) is 25.8 Å². The molecule has 0 aliphatic carbocycles. The number of hydrogen-bond acceptors (Lipinski definition) is 1. The molecule has 0 saturated heterocycles. The van der Waals surface area contributed by atoms with Crippen molar-refractivity contribution in [2.24, 2.45) is 5.92 Å². The van der Waals surface area contributed by atoms with Crippen molar-refractivity contribution < 1.29 is 4.79 Å². The lowest BCUT2D eigenvalue weighted by atomic mass is 9.94. The van der Waals surface area contributed by atoms with Gasteiger partial charge in [-0.05, 0) is 19.3 Å². The Kier molecular flexibility index (Phi) is 12.5. The van der Waals surface area contributed by atoms with Gasteiger partial charge in [0, 0.05) is 12.5 Å². The van der Waals surface area contributed by atoms with E-state index in [9.17, 15) is 4.79 Å². The van der Waals surface area contributed by atoms with Gasteiger partial charge in [-0.3, -0.25) is 4.79 Å². The Hall–Kier alpha value is -0.530. The van der Waals surface area contributed by atoms with Crippen molar-refractivity contribution >= 4 is 5.91 Å². The van der Waals surface area contributed by atoms with Crippen LogP contribution in [0.1, 0.15) is 85.0 Å². The van der Waals surface area contributed by atoms with E-state index in [4.69, 9.17) is 0 Å². The van der Waals surface area contributed by atoms with Crippen LogP contribution >= 0.6 is 0 Å². The van der Waals surface area contributed by atoms with Gasteiger partial charge in [-0.2, -0.15) is 0 Å². The number of unbranched alkanes of at least 4 members (excludes halogenated alkanes) is 5. The summed E-state index contributed by atoms with van der Waals surface area (Å²) in [6.07, 6.45) is 12.0. The lowest BCUT2D eigenvalue weighted by Crippen LogP contribution is -2.31. The van der Waals surface area contributed by atoms with E-state index in [1.54, 1.807) is 0 Å². The molecule has 0 aliphatic rings. The normalized spacial score (nSPS) is 12.4. The maximum absolute atomic E-state index is 12.0. The van der Waals surface area contributed by atoms with Gasteiger partial charge in [0.2, 0.25) is 5.91 Å². The Morgan fingerprint density at radius 2 is 1.44 bits per heavy atom. The number of amides is 1. The Labute approximate surface area is 114 Å². The van der Waals surface area contributed by atoms with Crippen LogP contribution in [0.25, 0.3) is 0 Å². The molecule has 1 amide bonds. The van der Waals surface area contributed by atoms with Crippen molar-refractivity contribution in [2.75, 3.05) is 6.54 Å². The minimum atomic E-state index is 0.262. The highest BCUT2D eigenvalue weighted by atomic mass is 16.1. The molecule has 0 aliphatic heterocycles. The van der Waals surface area contributed by atoms with Gasteiger partial charge in [-0.25, -0.2) is 0 Å². The van der Waals surface area contributed by atoms with Crippen LogP contribution in [0.3, 0.4) is 0 Å². The highest BCUT2D eigenvalue weighted by Crippen LogP contribution is 2.17. The fraction of sp³-hybridized carbons (Fsp3) is 0.938. The molecule has 1 N–H and O–H groups in total. The summed E-state index contributed by atoms with van der Waals surface area (Å²) in [7, 11) is 0. The third kappa shape index (κ3) is 9.49. The zero-order valence-electron chi connectivity index (χ0n) is 12.8. The molecule has 2 nitrogen and oxygen atoms in total. The minimum absolute atomic E-state index is 0.262. The van der Waals surface area contributed by atoms with Crippen LogP contribution in [0.15, 0.2) is 0 Å². The van der Waals surface area contributed by atoms with E-state index in [1.165, 1.54) is 44.9 Å². The third-order valence-electron chi connectivity index (χ3n) is 3.48. The average Bonchev–Trinajstić information content (AvgIpc) is 2.39. The van der Waals surface area contributed by atoms with Crippen LogP contribution in [0, 0.1) is 5.92 Å². The van der Waals surface area contributed by atoms with Crippen LogP contribution in [-0.4, -0.2) is 12.5 Å².